The molecule has 2 aromatic carbocycles. The van der Waals surface area contributed by atoms with Crippen LogP contribution in [-0.4, -0.2) is 96.8 Å². The van der Waals surface area contributed by atoms with E-state index in [1.54, 1.807) is 19.9 Å². The molecule has 6 atom stereocenters. The Labute approximate surface area is 290 Å². The van der Waals surface area contributed by atoms with Crippen molar-refractivity contribution in [3.8, 4) is 17.2 Å². The standard InChI is InChI=1S/C36H45N4O10/c1-16-29(41)21(37)11-24(49-16)50-23-15-36(46,17(2)38-39-18-12-34(3,4)40(47)35(5,6)13-18)14-20-26(23)33(45)28-27(31(20)43)30(42)19-9-8-10-22(48-7)25(19)32(28)44/h8-10,16,21,23-24,29,41,43,45-46H,11-15,37H2,1-7H3/b38-17+/t16?,21?,23-,24+,29+,36-/m0/s1. The Kier molecular flexibility index (Phi) is 8.99. The molecule has 2 unspecified atom stereocenters. The maximum absolute atomic E-state index is 14.0. The molecule has 0 aromatic heterocycles. The number of nitrogens with zero attached hydrogens (tertiary/aromatic N) is 3. The molecule has 269 valence electrons. The Morgan fingerprint density at radius 1 is 1.02 bits per heavy atom. The SMILES string of the molecule is COc1cccc2c1C(=O)c1c(O)c3c(c(O)c1C2=O)C[C@@](O)(/C(C)=N/N=C1CC(C)(C)N([O])C(C)(C)C1)C[C@@H]3O[C@@H]1CC(N)[C@H](O)C(C)O1. The van der Waals surface area contributed by atoms with Crippen LogP contribution in [0.2, 0.25) is 0 Å². The summed E-state index contributed by atoms with van der Waals surface area (Å²) in [6, 6.07) is 3.80. The van der Waals surface area contributed by atoms with Gasteiger partial charge < -0.3 is 40.4 Å². The number of carbonyl (C=O) groups is 2. The van der Waals surface area contributed by atoms with Crippen LogP contribution in [0, 0.1) is 0 Å². The third-order valence-corrected chi connectivity index (χ3v) is 10.5. The van der Waals surface area contributed by atoms with Crippen molar-refractivity contribution in [2.75, 3.05) is 7.11 Å². The van der Waals surface area contributed by atoms with Gasteiger partial charge in [-0.15, -0.1) is 10.3 Å². The third-order valence-electron chi connectivity index (χ3n) is 10.5. The summed E-state index contributed by atoms with van der Waals surface area (Å²) in [5.74, 6) is -2.46. The normalized spacial score (nSPS) is 30.7. The smallest absolute Gasteiger partial charge is 0.202 e. The fourth-order valence-electron chi connectivity index (χ4n) is 8.00. The van der Waals surface area contributed by atoms with Crippen molar-refractivity contribution in [2.45, 2.75) is 121 Å². The minimum absolute atomic E-state index is 0.00365. The highest BCUT2D eigenvalue weighted by atomic mass is 16.7. The fourth-order valence-corrected chi connectivity index (χ4v) is 8.00. The van der Waals surface area contributed by atoms with E-state index in [-0.39, 0.29) is 53.0 Å². The number of aliphatic hydroxyl groups is 2. The van der Waals surface area contributed by atoms with Crippen LogP contribution in [-0.2, 0) is 21.1 Å². The van der Waals surface area contributed by atoms with Gasteiger partial charge in [0.25, 0.3) is 0 Å². The molecule has 2 aliphatic carbocycles. The van der Waals surface area contributed by atoms with E-state index in [2.05, 4.69) is 10.2 Å². The molecule has 6 N–H and O–H groups in total. The maximum Gasteiger partial charge on any atom is 0.202 e. The molecule has 6 rings (SSSR count). The molecular formula is C36H45N4O10. The molecule has 2 aliphatic heterocycles. The number of phenolic OH excluding ortho intramolecular Hbond substituents is 2. The van der Waals surface area contributed by atoms with Gasteiger partial charge in [0.05, 0.1) is 47.8 Å². The summed E-state index contributed by atoms with van der Waals surface area (Å²) in [4.78, 5) is 27.9. The Bertz CT molecular complexity index is 1790. The predicted octanol–water partition coefficient (Wildman–Crippen LogP) is 3.26. The minimum Gasteiger partial charge on any atom is -0.507 e. The Hall–Kier alpha value is -3.76. The van der Waals surface area contributed by atoms with E-state index in [0.717, 1.165) is 5.06 Å². The Morgan fingerprint density at radius 2 is 1.66 bits per heavy atom. The number of hydrogen-bond donors (Lipinski definition) is 5. The number of hydrogen-bond acceptors (Lipinski definition) is 13. The molecule has 2 fully saturated rings. The number of rotatable bonds is 5. The Balaban J connectivity index is 1.46. The second kappa shape index (κ2) is 12.5. The number of nitrogens with two attached hydrogens (primary N) is 1. The first kappa shape index (κ1) is 36.0. The number of methoxy groups -OCH3 is 1. The molecule has 0 spiro atoms. The summed E-state index contributed by atoms with van der Waals surface area (Å²) in [6.45, 7) is 10.5. The number of aromatic hydroxyl groups is 2. The molecule has 0 saturated carbocycles. The van der Waals surface area contributed by atoms with E-state index in [1.807, 2.05) is 27.7 Å². The van der Waals surface area contributed by atoms with Crippen LogP contribution in [0.4, 0.5) is 0 Å². The Morgan fingerprint density at radius 3 is 2.28 bits per heavy atom. The number of fused-ring (bicyclic) bond motifs is 3. The molecule has 0 bridgehead atoms. The van der Waals surface area contributed by atoms with Gasteiger partial charge in [0.1, 0.15) is 22.8 Å². The molecule has 0 amide bonds. The van der Waals surface area contributed by atoms with Crippen molar-refractivity contribution in [3.63, 3.8) is 0 Å². The fraction of sp³-hybridized carbons (Fsp3) is 0.556. The molecule has 2 aromatic rings. The zero-order valence-corrected chi connectivity index (χ0v) is 29.3. The van der Waals surface area contributed by atoms with Crippen LogP contribution in [0.15, 0.2) is 28.4 Å². The number of ketones is 2. The summed E-state index contributed by atoms with van der Waals surface area (Å²) in [5, 5.41) is 69.1. The van der Waals surface area contributed by atoms with Crippen molar-refractivity contribution in [1.82, 2.24) is 5.06 Å². The number of aliphatic hydroxyl groups excluding tert-OH is 1. The topological polar surface area (TPSA) is 217 Å². The van der Waals surface area contributed by atoms with E-state index >= 15 is 0 Å². The van der Waals surface area contributed by atoms with Gasteiger partial charge in [-0.3, -0.25) is 9.59 Å². The summed E-state index contributed by atoms with van der Waals surface area (Å²) >= 11 is 0. The molecule has 4 aliphatic rings. The first-order chi connectivity index (χ1) is 23.3. The molecular weight excluding hydrogens is 648 g/mol. The first-order valence-electron chi connectivity index (χ1n) is 16.7. The summed E-state index contributed by atoms with van der Waals surface area (Å²) in [7, 11) is 1.35. The second-order valence-corrected chi connectivity index (χ2v) is 15.2. The molecule has 50 heavy (non-hydrogen) atoms. The molecule has 2 saturated heterocycles. The second-order valence-electron chi connectivity index (χ2n) is 15.2. The van der Waals surface area contributed by atoms with Gasteiger partial charge in [-0.2, -0.15) is 10.2 Å². The van der Waals surface area contributed by atoms with Crippen molar-refractivity contribution in [1.29, 1.82) is 0 Å². The van der Waals surface area contributed by atoms with Crippen LogP contribution in [0.5, 0.6) is 17.2 Å². The maximum atomic E-state index is 14.0. The lowest BCUT2D eigenvalue weighted by molar-refractivity contribution is -0.273. The monoisotopic (exact) mass is 693 g/mol. The average molecular weight is 694 g/mol. The van der Waals surface area contributed by atoms with E-state index in [0.29, 0.717) is 18.6 Å². The number of hydroxylamine groups is 2. The van der Waals surface area contributed by atoms with Crippen LogP contribution in [0.25, 0.3) is 0 Å². The lowest BCUT2D eigenvalue weighted by Gasteiger charge is -2.46. The van der Waals surface area contributed by atoms with Crippen molar-refractivity contribution in [3.05, 3.63) is 51.6 Å². The van der Waals surface area contributed by atoms with E-state index in [4.69, 9.17) is 19.9 Å². The number of carbonyl (C=O) groups excluding carboxylic acids is 2. The van der Waals surface area contributed by atoms with Crippen molar-refractivity contribution >= 4 is 23.0 Å². The van der Waals surface area contributed by atoms with Crippen LogP contribution < -0.4 is 10.5 Å². The van der Waals surface area contributed by atoms with Gasteiger partial charge in [0, 0.05) is 71.6 Å². The summed E-state index contributed by atoms with van der Waals surface area (Å²) in [5.41, 5.74) is 2.85. The van der Waals surface area contributed by atoms with Crippen LogP contribution in [0.1, 0.15) is 116 Å². The number of piperidine rings is 1. The van der Waals surface area contributed by atoms with Crippen molar-refractivity contribution < 1.29 is 49.4 Å². The van der Waals surface area contributed by atoms with E-state index in [1.165, 1.54) is 19.2 Å². The largest absolute Gasteiger partial charge is 0.507 e. The highest BCUT2D eigenvalue weighted by Gasteiger charge is 2.49. The molecule has 2 heterocycles. The molecule has 14 heteroatoms. The molecule has 14 nitrogen and oxygen atoms in total. The number of benzene rings is 2. The lowest BCUT2D eigenvalue weighted by atomic mass is 9.71. The zero-order chi connectivity index (χ0) is 36.7. The number of ether oxygens (including phenoxy) is 3. The van der Waals surface area contributed by atoms with E-state index in [9.17, 15) is 35.2 Å². The number of phenols is 2. The van der Waals surface area contributed by atoms with Crippen molar-refractivity contribution in [2.24, 2.45) is 15.9 Å². The third kappa shape index (κ3) is 5.82. The van der Waals surface area contributed by atoms with Gasteiger partial charge in [0.15, 0.2) is 12.1 Å². The van der Waals surface area contributed by atoms with Gasteiger partial charge >= 0.3 is 0 Å². The summed E-state index contributed by atoms with van der Waals surface area (Å²) < 4.78 is 17.6. The van der Waals surface area contributed by atoms with Crippen LogP contribution in [0.3, 0.4) is 0 Å². The van der Waals surface area contributed by atoms with Gasteiger partial charge in [0.2, 0.25) is 5.78 Å². The predicted molar refractivity (Wildman–Crippen MR) is 180 cm³/mol. The lowest BCUT2D eigenvalue weighted by Crippen LogP contribution is -2.58. The summed E-state index contributed by atoms with van der Waals surface area (Å²) in [6.07, 6.45) is -3.61. The highest BCUT2D eigenvalue weighted by molar-refractivity contribution is 6.31. The van der Waals surface area contributed by atoms with Gasteiger partial charge in [-0.05, 0) is 47.6 Å². The molecule has 1 radical (unpaired) electrons. The minimum atomic E-state index is -1.82. The van der Waals surface area contributed by atoms with E-state index < -0.39 is 81.5 Å². The van der Waals surface area contributed by atoms with Gasteiger partial charge in [-0.25, -0.2) is 0 Å². The zero-order valence-electron chi connectivity index (χ0n) is 29.3. The highest BCUT2D eigenvalue weighted by Crippen LogP contribution is 2.52. The van der Waals surface area contributed by atoms with Gasteiger partial charge in [-0.1, -0.05) is 12.1 Å². The average Bonchev–Trinajstić information content (AvgIpc) is 3.04. The van der Waals surface area contributed by atoms with Crippen LogP contribution >= 0.6 is 0 Å². The quantitative estimate of drug-likeness (QED) is 0.148. The first-order valence-corrected chi connectivity index (χ1v) is 16.7.